The fraction of sp³-hybridized carbons (Fsp3) is 0.316. The van der Waals surface area contributed by atoms with E-state index in [1.807, 2.05) is 24.3 Å². The molecule has 0 saturated carbocycles. The monoisotopic (exact) mass is 346 g/mol. The highest BCUT2D eigenvalue weighted by molar-refractivity contribution is 7.80. The van der Waals surface area contributed by atoms with Crippen molar-refractivity contribution in [3.8, 4) is 5.75 Å². The first kappa shape index (κ1) is 18.2. The Morgan fingerprint density at radius 1 is 1.08 bits per heavy atom. The first-order valence-electron chi connectivity index (χ1n) is 7.92. The molecule has 0 radical (unpaired) electrons. The van der Waals surface area contributed by atoms with Crippen molar-refractivity contribution in [2.45, 2.75) is 26.4 Å². The summed E-state index contributed by atoms with van der Waals surface area (Å²) in [6.07, 6.45) is 0. The van der Waals surface area contributed by atoms with Gasteiger partial charge in [-0.15, -0.1) is 0 Å². The molecule has 0 fully saturated rings. The summed E-state index contributed by atoms with van der Waals surface area (Å²) in [6.45, 7) is 4.84. The Hall–Kier alpha value is -2.14. The largest absolute Gasteiger partial charge is 0.497 e. The third-order valence-electron chi connectivity index (χ3n) is 3.79. The molecule has 2 aromatic carbocycles. The van der Waals surface area contributed by atoms with Crippen LogP contribution in [0.5, 0.6) is 5.75 Å². The minimum absolute atomic E-state index is 0.101. The Morgan fingerprint density at radius 3 is 2.25 bits per heavy atom. The van der Waals surface area contributed by atoms with Crippen molar-refractivity contribution in [3.05, 3.63) is 65.5 Å². The van der Waals surface area contributed by atoms with Crippen LogP contribution >= 0.6 is 12.2 Å². The van der Waals surface area contributed by atoms with Gasteiger partial charge >= 0.3 is 0 Å². The fourth-order valence-electron chi connectivity index (χ4n) is 2.42. The van der Waals surface area contributed by atoms with Gasteiger partial charge in [0.1, 0.15) is 11.6 Å². The lowest BCUT2D eigenvalue weighted by Gasteiger charge is -2.25. The molecule has 0 unspecified atom stereocenters. The third kappa shape index (κ3) is 5.20. The minimum atomic E-state index is -0.237. The number of methoxy groups -OCH3 is 1. The maximum atomic E-state index is 12.9. The van der Waals surface area contributed by atoms with Crippen molar-refractivity contribution in [1.29, 1.82) is 0 Å². The molecule has 0 heterocycles. The van der Waals surface area contributed by atoms with E-state index in [1.54, 1.807) is 19.2 Å². The molecule has 0 saturated heterocycles. The van der Waals surface area contributed by atoms with Crippen LogP contribution in [-0.2, 0) is 6.54 Å². The molecular weight excluding hydrogens is 323 g/mol. The van der Waals surface area contributed by atoms with Crippen LogP contribution in [0.2, 0.25) is 0 Å². The van der Waals surface area contributed by atoms with Crippen LogP contribution in [0.15, 0.2) is 48.5 Å². The molecule has 0 aliphatic carbocycles. The molecule has 24 heavy (non-hydrogen) atoms. The van der Waals surface area contributed by atoms with Crippen molar-refractivity contribution >= 4 is 17.3 Å². The third-order valence-corrected chi connectivity index (χ3v) is 4.06. The van der Waals surface area contributed by atoms with Gasteiger partial charge in [0.25, 0.3) is 0 Å². The van der Waals surface area contributed by atoms with E-state index in [2.05, 4.69) is 24.5 Å². The zero-order chi connectivity index (χ0) is 17.5. The Bertz CT molecular complexity index is 656. The topological polar surface area (TPSA) is 33.3 Å². The molecular formula is C19H23FN2OS. The zero-order valence-electron chi connectivity index (χ0n) is 14.2. The minimum Gasteiger partial charge on any atom is -0.497 e. The van der Waals surface area contributed by atoms with Crippen LogP contribution in [0.25, 0.3) is 0 Å². The normalized spacial score (nSPS) is 11.9. The average Bonchev–Trinajstić information content (AvgIpc) is 2.59. The van der Waals surface area contributed by atoms with Crippen LogP contribution in [0.3, 0.4) is 0 Å². The molecule has 5 heteroatoms. The number of halogens is 1. The number of ether oxygens (including phenoxy) is 1. The second-order valence-corrected chi connectivity index (χ2v) is 6.36. The number of benzene rings is 2. The maximum Gasteiger partial charge on any atom is 0.167 e. The van der Waals surface area contributed by atoms with Crippen LogP contribution in [0.4, 0.5) is 4.39 Å². The summed E-state index contributed by atoms with van der Waals surface area (Å²) in [6, 6.07) is 14.5. The number of hydrogen-bond acceptors (Lipinski definition) is 2. The van der Waals surface area contributed by atoms with Crippen molar-refractivity contribution in [2.24, 2.45) is 5.92 Å². The lowest BCUT2D eigenvalue weighted by Crippen LogP contribution is -2.39. The van der Waals surface area contributed by atoms with Gasteiger partial charge in [0, 0.05) is 6.54 Å². The average molecular weight is 346 g/mol. The Labute approximate surface area is 148 Å². The van der Waals surface area contributed by atoms with E-state index in [1.165, 1.54) is 12.1 Å². The molecule has 0 spiro atoms. The van der Waals surface area contributed by atoms with E-state index in [4.69, 9.17) is 17.0 Å². The molecule has 2 aromatic rings. The number of nitrogens with one attached hydrogen (secondary N) is 2. The lowest BCUT2D eigenvalue weighted by atomic mass is 9.96. The van der Waals surface area contributed by atoms with Crippen LogP contribution < -0.4 is 15.4 Å². The van der Waals surface area contributed by atoms with Gasteiger partial charge in [0.05, 0.1) is 13.2 Å². The summed E-state index contributed by atoms with van der Waals surface area (Å²) < 4.78 is 18.1. The van der Waals surface area contributed by atoms with Gasteiger partial charge in [-0.25, -0.2) is 4.39 Å². The maximum absolute atomic E-state index is 12.9. The quantitative estimate of drug-likeness (QED) is 0.768. The van der Waals surface area contributed by atoms with Gasteiger partial charge < -0.3 is 15.4 Å². The number of hydrogen-bond donors (Lipinski definition) is 2. The lowest BCUT2D eigenvalue weighted by molar-refractivity contribution is 0.413. The van der Waals surface area contributed by atoms with Gasteiger partial charge in [0.15, 0.2) is 5.11 Å². The van der Waals surface area contributed by atoms with E-state index in [-0.39, 0.29) is 11.9 Å². The number of thiocarbonyl (C=S) groups is 1. The van der Waals surface area contributed by atoms with E-state index < -0.39 is 0 Å². The summed E-state index contributed by atoms with van der Waals surface area (Å²) in [7, 11) is 1.65. The molecule has 0 aromatic heterocycles. The molecule has 3 nitrogen and oxygen atoms in total. The zero-order valence-corrected chi connectivity index (χ0v) is 15.0. The molecule has 1 atom stereocenters. The Balaban J connectivity index is 1.96. The summed E-state index contributed by atoms with van der Waals surface area (Å²) >= 11 is 5.40. The van der Waals surface area contributed by atoms with Crippen molar-refractivity contribution in [3.63, 3.8) is 0 Å². The summed E-state index contributed by atoms with van der Waals surface area (Å²) in [5.74, 6) is 0.959. The summed E-state index contributed by atoms with van der Waals surface area (Å²) in [4.78, 5) is 0. The van der Waals surface area contributed by atoms with Gasteiger partial charge in [-0.05, 0) is 53.5 Å². The predicted molar refractivity (Wildman–Crippen MR) is 99.5 cm³/mol. The molecule has 128 valence electrons. The molecule has 0 aliphatic rings. The Morgan fingerprint density at radius 2 is 1.71 bits per heavy atom. The molecule has 2 rings (SSSR count). The summed E-state index contributed by atoms with van der Waals surface area (Å²) in [5.41, 5.74) is 2.13. The van der Waals surface area contributed by atoms with E-state index >= 15 is 0 Å². The molecule has 0 aliphatic heterocycles. The second kappa shape index (κ2) is 8.64. The van der Waals surface area contributed by atoms with Crippen LogP contribution in [0.1, 0.15) is 31.0 Å². The fourth-order valence-corrected chi connectivity index (χ4v) is 2.62. The smallest absolute Gasteiger partial charge is 0.167 e. The SMILES string of the molecule is COc1ccc([C@@H](NC(=S)NCc2ccc(F)cc2)C(C)C)cc1. The highest BCUT2D eigenvalue weighted by atomic mass is 32.1. The van der Waals surface area contributed by atoms with Gasteiger partial charge in [-0.3, -0.25) is 0 Å². The van der Waals surface area contributed by atoms with E-state index in [9.17, 15) is 4.39 Å². The van der Waals surface area contributed by atoms with Crippen molar-refractivity contribution in [2.75, 3.05) is 7.11 Å². The molecule has 0 bridgehead atoms. The highest BCUT2D eigenvalue weighted by Crippen LogP contribution is 2.23. The van der Waals surface area contributed by atoms with E-state index in [0.717, 1.165) is 16.9 Å². The van der Waals surface area contributed by atoms with Crippen molar-refractivity contribution in [1.82, 2.24) is 10.6 Å². The summed E-state index contributed by atoms with van der Waals surface area (Å²) in [5, 5.41) is 7.10. The Kier molecular flexibility index (Phi) is 6.55. The standard InChI is InChI=1S/C19H23FN2OS/c1-13(2)18(15-6-10-17(23-3)11-7-15)22-19(24)21-12-14-4-8-16(20)9-5-14/h4-11,13,18H,12H2,1-3H3,(H2,21,22,24)/t18-/m0/s1. The van der Waals surface area contributed by atoms with Gasteiger partial charge in [-0.2, -0.15) is 0 Å². The van der Waals surface area contributed by atoms with Crippen molar-refractivity contribution < 1.29 is 9.13 Å². The van der Waals surface area contributed by atoms with Gasteiger partial charge in [0.2, 0.25) is 0 Å². The highest BCUT2D eigenvalue weighted by Gasteiger charge is 2.16. The van der Waals surface area contributed by atoms with Crippen LogP contribution in [0, 0.1) is 11.7 Å². The van der Waals surface area contributed by atoms with E-state index in [0.29, 0.717) is 17.6 Å². The second-order valence-electron chi connectivity index (χ2n) is 5.95. The first-order chi connectivity index (χ1) is 11.5. The molecule has 0 amide bonds. The van der Waals surface area contributed by atoms with Gasteiger partial charge in [-0.1, -0.05) is 38.1 Å². The molecule has 2 N–H and O–H groups in total. The first-order valence-corrected chi connectivity index (χ1v) is 8.33. The predicted octanol–water partition coefficient (Wildman–Crippen LogP) is 4.20. The number of rotatable bonds is 6. The van der Waals surface area contributed by atoms with Crippen LogP contribution in [-0.4, -0.2) is 12.2 Å².